The highest BCUT2D eigenvalue weighted by Gasteiger charge is 2.24. The molecule has 0 spiro atoms. The van der Waals surface area contributed by atoms with E-state index in [9.17, 15) is 0 Å². The van der Waals surface area contributed by atoms with Crippen molar-refractivity contribution < 1.29 is 9.47 Å². The summed E-state index contributed by atoms with van der Waals surface area (Å²) in [5.74, 6) is 1.45. The summed E-state index contributed by atoms with van der Waals surface area (Å²) in [7, 11) is 3.29. The molecular weight excluding hydrogens is 264 g/mol. The maximum atomic E-state index is 6.25. The fraction of sp³-hybridized carbons (Fsp3) is 0.571. The third-order valence-electron chi connectivity index (χ3n) is 3.58. The van der Waals surface area contributed by atoms with Gasteiger partial charge in [0, 0.05) is 31.7 Å². The molecule has 1 N–H and O–H groups in total. The maximum Gasteiger partial charge on any atom is 0.145 e. The molecule has 1 aromatic rings. The van der Waals surface area contributed by atoms with Gasteiger partial charge in [-0.25, -0.2) is 0 Å². The number of ether oxygens (including phenoxy) is 2. The molecule has 0 aliphatic carbocycles. The Morgan fingerprint density at radius 2 is 2.05 bits per heavy atom. The first-order chi connectivity index (χ1) is 9.21. The summed E-state index contributed by atoms with van der Waals surface area (Å²) in [6, 6.07) is 4.26. The Morgan fingerprint density at radius 1 is 1.32 bits per heavy atom. The highest BCUT2D eigenvalue weighted by Crippen LogP contribution is 2.39. The lowest BCUT2D eigenvalue weighted by Crippen LogP contribution is -2.51. The van der Waals surface area contributed by atoms with Crippen LogP contribution < -0.4 is 19.7 Å². The van der Waals surface area contributed by atoms with Crippen molar-refractivity contribution in [3.05, 3.63) is 17.2 Å². The van der Waals surface area contributed by atoms with Crippen LogP contribution in [-0.2, 0) is 0 Å². The average Bonchev–Trinajstić information content (AvgIpc) is 2.46. The summed E-state index contributed by atoms with van der Waals surface area (Å²) in [5, 5.41) is 4.04. The van der Waals surface area contributed by atoms with Crippen molar-refractivity contribution in [2.24, 2.45) is 0 Å². The fourth-order valence-electron chi connectivity index (χ4n) is 2.51. The van der Waals surface area contributed by atoms with E-state index in [1.165, 1.54) is 0 Å². The molecule has 0 radical (unpaired) electrons. The molecule has 1 aliphatic heterocycles. The van der Waals surface area contributed by atoms with Crippen LogP contribution in [0.3, 0.4) is 0 Å². The number of piperazine rings is 1. The Labute approximate surface area is 119 Å². The average molecular weight is 285 g/mol. The van der Waals surface area contributed by atoms with Gasteiger partial charge in [0.25, 0.3) is 0 Å². The quantitative estimate of drug-likeness (QED) is 0.921. The van der Waals surface area contributed by atoms with Crippen molar-refractivity contribution in [2.45, 2.75) is 19.4 Å². The highest BCUT2D eigenvalue weighted by atomic mass is 35.5. The number of methoxy groups -OCH3 is 2. The van der Waals surface area contributed by atoms with E-state index in [-0.39, 0.29) is 0 Å². The minimum Gasteiger partial charge on any atom is -0.495 e. The van der Waals surface area contributed by atoms with Crippen molar-refractivity contribution in [1.29, 1.82) is 0 Å². The number of nitrogens with one attached hydrogen (secondary N) is 1. The second-order valence-electron chi connectivity index (χ2n) is 4.62. The lowest BCUT2D eigenvalue weighted by atomic mass is 10.1. The van der Waals surface area contributed by atoms with Crippen LogP contribution in [0, 0.1) is 0 Å². The molecule has 0 aromatic heterocycles. The standard InChI is InChI=1S/C14H21ClN2O2/c1-4-10-9-16-5-6-17(10)12-7-11(15)13(18-2)8-14(12)19-3/h7-8,10,16H,4-6,9H2,1-3H3. The zero-order valence-electron chi connectivity index (χ0n) is 11.7. The van der Waals surface area contributed by atoms with Crippen LogP contribution >= 0.6 is 11.6 Å². The van der Waals surface area contributed by atoms with Crippen molar-refractivity contribution in [3.8, 4) is 11.5 Å². The Morgan fingerprint density at radius 3 is 2.68 bits per heavy atom. The second-order valence-corrected chi connectivity index (χ2v) is 5.03. The van der Waals surface area contributed by atoms with Gasteiger partial charge in [-0.1, -0.05) is 18.5 Å². The Kier molecular flexibility index (Phi) is 4.77. The predicted octanol–water partition coefficient (Wildman–Crippen LogP) is 2.55. The van der Waals surface area contributed by atoms with Crippen molar-refractivity contribution in [2.75, 3.05) is 38.8 Å². The molecule has 1 aromatic carbocycles. The van der Waals surface area contributed by atoms with Crippen molar-refractivity contribution >= 4 is 17.3 Å². The molecule has 2 rings (SSSR count). The molecule has 1 atom stereocenters. The fourth-order valence-corrected chi connectivity index (χ4v) is 2.75. The van der Waals surface area contributed by atoms with Crippen molar-refractivity contribution in [3.63, 3.8) is 0 Å². The number of hydrogen-bond donors (Lipinski definition) is 1. The van der Waals surface area contributed by atoms with E-state index in [4.69, 9.17) is 21.1 Å². The molecule has 1 saturated heterocycles. The summed E-state index contributed by atoms with van der Waals surface area (Å²) >= 11 is 6.25. The summed E-state index contributed by atoms with van der Waals surface area (Å²) in [5.41, 5.74) is 1.04. The lowest BCUT2D eigenvalue weighted by Gasteiger charge is -2.38. The van der Waals surface area contributed by atoms with E-state index >= 15 is 0 Å². The zero-order valence-corrected chi connectivity index (χ0v) is 12.5. The normalized spacial score (nSPS) is 19.4. The molecule has 4 nitrogen and oxygen atoms in total. The van der Waals surface area contributed by atoms with E-state index in [2.05, 4.69) is 17.1 Å². The largest absolute Gasteiger partial charge is 0.495 e. The first kappa shape index (κ1) is 14.3. The first-order valence-electron chi connectivity index (χ1n) is 6.60. The summed E-state index contributed by atoms with van der Waals surface area (Å²) < 4.78 is 10.7. The minimum absolute atomic E-state index is 0.465. The van der Waals surface area contributed by atoms with E-state index in [0.29, 0.717) is 16.8 Å². The topological polar surface area (TPSA) is 33.7 Å². The summed E-state index contributed by atoms with van der Waals surface area (Å²) in [4.78, 5) is 2.36. The van der Waals surface area contributed by atoms with Gasteiger partial charge in [0.15, 0.2) is 0 Å². The van der Waals surface area contributed by atoms with Crippen LogP contribution in [0.15, 0.2) is 12.1 Å². The van der Waals surface area contributed by atoms with Gasteiger partial charge in [0.2, 0.25) is 0 Å². The van der Waals surface area contributed by atoms with E-state index in [1.54, 1.807) is 14.2 Å². The number of nitrogens with zero attached hydrogens (tertiary/aromatic N) is 1. The van der Waals surface area contributed by atoms with Gasteiger partial charge in [-0.3, -0.25) is 0 Å². The van der Waals surface area contributed by atoms with Gasteiger partial charge in [0.05, 0.1) is 24.9 Å². The van der Waals surface area contributed by atoms with Gasteiger partial charge in [-0.2, -0.15) is 0 Å². The van der Waals surface area contributed by atoms with Crippen LogP contribution in [0.2, 0.25) is 5.02 Å². The van der Waals surface area contributed by atoms with Crippen LogP contribution in [0.1, 0.15) is 13.3 Å². The van der Waals surface area contributed by atoms with Gasteiger partial charge >= 0.3 is 0 Å². The molecule has 0 bridgehead atoms. The molecule has 0 amide bonds. The SMILES string of the molecule is CCC1CNCCN1c1cc(Cl)c(OC)cc1OC. The second kappa shape index (κ2) is 6.35. The third kappa shape index (κ3) is 2.90. The molecule has 106 valence electrons. The van der Waals surface area contributed by atoms with Crippen LogP contribution in [0.25, 0.3) is 0 Å². The summed E-state index contributed by atoms with van der Waals surface area (Å²) in [6.45, 7) is 5.12. The first-order valence-corrected chi connectivity index (χ1v) is 6.98. The maximum absolute atomic E-state index is 6.25. The van der Waals surface area contributed by atoms with Crippen LogP contribution in [0.4, 0.5) is 5.69 Å². The highest BCUT2D eigenvalue weighted by molar-refractivity contribution is 6.32. The van der Waals surface area contributed by atoms with Gasteiger partial charge < -0.3 is 19.7 Å². The van der Waals surface area contributed by atoms with Crippen LogP contribution in [0.5, 0.6) is 11.5 Å². The Bertz CT molecular complexity index is 440. The van der Waals surface area contributed by atoms with E-state index < -0.39 is 0 Å². The lowest BCUT2D eigenvalue weighted by molar-refractivity contribution is 0.390. The smallest absolute Gasteiger partial charge is 0.145 e. The summed E-state index contributed by atoms with van der Waals surface area (Å²) in [6.07, 6.45) is 1.08. The number of rotatable bonds is 4. The predicted molar refractivity (Wildman–Crippen MR) is 78.9 cm³/mol. The van der Waals surface area contributed by atoms with Gasteiger partial charge in [0.1, 0.15) is 11.5 Å². The Balaban J connectivity index is 2.39. The van der Waals surface area contributed by atoms with Gasteiger partial charge in [-0.15, -0.1) is 0 Å². The number of halogens is 1. The van der Waals surface area contributed by atoms with Crippen LogP contribution in [-0.4, -0.2) is 39.9 Å². The molecule has 0 saturated carbocycles. The molecule has 1 unspecified atom stereocenters. The Hall–Kier alpha value is -1.13. The number of anilines is 1. The molecular formula is C14H21ClN2O2. The number of benzene rings is 1. The molecule has 1 aliphatic rings. The monoisotopic (exact) mass is 284 g/mol. The van der Waals surface area contributed by atoms with Gasteiger partial charge in [-0.05, 0) is 12.5 Å². The molecule has 1 fully saturated rings. The molecule has 1 heterocycles. The number of hydrogen-bond acceptors (Lipinski definition) is 4. The zero-order chi connectivity index (χ0) is 13.8. The minimum atomic E-state index is 0.465. The molecule has 5 heteroatoms. The van der Waals surface area contributed by atoms with E-state index in [1.807, 2.05) is 12.1 Å². The third-order valence-corrected chi connectivity index (χ3v) is 3.88. The van der Waals surface area contributed by atoms with E-state index in [0.717, 1.165) is 37.5 Å². The molecule has 19 heavy (non-hydrogen) atoms. The van der Waals surface area contributed by atoms with Crippen molar-refractivity contribution in [1.82, 2.24) is 5.32 Å².